The van der Waals surface area contributed by atoms with Gasteiger partial charge in [0.1, 0.15) is 0 Å². The fraction of sp³-hybridized carbons (Fsp3) is 0.273. The first-order valence-electron chi connectivity index (χ1n) is 4.99. The Balaban J connectivity index is 2.18. The smallest absolute Gasteiger partial charge is 0.181 e. The molecule has 1 N–H and O–H groups in total. The number of nitrogens with one attached hydrogen (secondary N) is 1. The first kappa shape index (κ1) is 8.97. The topological polar surface area (TPSA) is 49.9 Å². The summed E-state index contributed by atoms with van der Waals surface area (Å²) in [6, 6.07) is 7.15. The molecule has 0 spiro atoms. The van der Waals surface area contributed by atoms with Crippen LogP contribution in [0.5, 0.6) is 0 Å². The molecule has 2 aromatic rings. The van der Waals surface area contributed by atoms with Crippen molar-refractivity contribution in [2.24, 2.45) is 0 Å². The third-order valence-corrected chi connectivity index (χ3v) is 5.08. The molecule has 0 unspecified atom stereocenters. The summed E-state index contributed by atoms with van der Waals surface area (Å²) in [7, 11) is -3.05. The van der Waals surface area contributed by atoms with Crippen LogP contribution in [-0.4, -0.2) is 18.7 Å². The summed E-state index contributed by atoms with van der Waals surface area (Å²) >= 11 is 0. The predicted molar refractivity (Wildman–Crippen MR) is 58.5 cm³/mol. The number of hydrogen-bond donors (Lipinski definition) is 1. The average Bonchev–Trinajstić information content (AvgIpc) is 2.97. The molecule has 15 heavy (non-hydrogen) atoms. The van der Waals surface area contributed by atoms with Gasteiger partial charge in [0.15, 0.2) is 9.84 Å². The van der Waals surface area contributed by atoms with E-state index in [0.717, 1.165) is 23.7 Å². The Morgan fingerprint density at radius 2 is 2.00 bits per heavy atom. The van der Waals surface area contributed by atoms with Gasteiger partial charge >= 0.3 is 0 Å². The van der Waals surface area contributed by atoms with E-state index < -0.39 is 9.84 Å². The molecule has 0 bridgehead atoms. The van der Waals surface area contributed by atoms with Crippen LogP contribution in [0.25, 0.3) is 10.9 Å². The molecule has 1 saturated carbocycles. The monoisotopic (exact) mass is 221 g/mol. The molecular formula is C11H11NO2S. The van der Waals surface area contributed by atoms with Gasteiger partial charge in [0, 0.05) is 17.1 Å². The molecule has 1 heterocycles. The fourth-order valence-electron chi connectivity index (χ4n) is 1.78. The van der Waals surface area contributed by atoms with E-state index in [1.54, 1.807) is 12.1 Å². The second kappa shape index (κ2) is 2.85. The zero-order valence-electron chi connectivity index (χ0n) is 8.10. The van der Waals surface area contributed by atoms with Crippen molar-refractivity contribution in [2.75, 3.05) is 0 Å². The standard InChI is InChI=1S/C11H11NO2S/c13-15(14,9-1-2-9)10-3-4-11-8(7-10)5-6-12-11/h3-7,9,12H,1-2H2. The maximum absolute atomic E-state index is 11.9. The van der Waals surface area contributed by atoms with Gasteiger partial charge in [-0.1, -0.05) is 0 Å². The van der Waals surface area contributed by atoms with E-state index in [0.29, 0.717) is 4.90 Å². The van der Waals surface area contributed by atoms with Gasteiger partial charge in [-0.2, -0.15) is 0 Å². The first-order valence-corrected chi connectivity index (χ1v) is 6.53. The van der Waals surface area contributed by atoms with Gasteiger partial charge < -0.3 is 4.98 Å². The van der Waals surface area contributed by atoms with Crippen LogP contribution in [0.3, 0.4) is 0 Å². The van der Waals surface area contributed by atoms with Gasteiger partial charge in [0.05, 0.1) is 10.1 Å². The van der Waals surface area contributed by atoms with Crippen LogP contribution in [-0.2, 0) is 9.84 Å². The maximum atomic E-state index is 11.9. The number of aromatic amines is 1. The van der Waals surface area contributed by atoms with Gasteiger partial charge in [0.25, 0.3) is 0 Å². The lowest BCUT2D eigenvalue weighted by Crippen LogP contribution is -2.06. The van der Waals surface area contributed by atoms with E-state index in [2.05, 4.69) is 4.98 Å². The van der Waals surface area contributed by atoms with Gasteiger partial charge in [-0.3, -0.25) is 0 Å². The van der Waals surface area contributed by atoms with Crippen molar-refractivity contribution >= 4 is 20.7 Å². The highest BCUT2D eigenvalue weighted by molar-refractivity contribution is 7.92. The van der Waals surface area contributed by atoms with Crippen LogP contribution in [0, 0.1) is 0 Å². The van der Waals surface area contributed by atoms with Crippen molar-refractivity contribution in [1.82, 2.24) is 4.98 Å². The number of rotatable bonds is 2. The predicted octanol–water partition coefficient (Wildman–Crippen LogP) is 2.10. The Kier molecular flexibility index (Phi) is 1.71. The minimum atomic E-state index is -3.05. The molecule has 0 saturated heterocycles. The normalized spacial score (nSPS) is 17.1. The van der Waals surface area contributed by atoms with Crippen LogP contribution in [0.2, 0.25) is 0 Å². The van der Waals surface area contributed by atoms with E-state index in [1.165, 1.54) is 0 Å². The number of aromatic nitrogens is 1. The van der Waals surface area contributed by atoms with Gasteiger partial charge in [-0.05, 0) is 37.1 Å². The quantitative estimate of drug-likeness (QED) is 0.844. The Labute approximate surface area is 88.0 Å². The molecule has 4 heteroatoms. The lowest BCUT2D eigenvalue weighted by molar-refractivity contribution is 0.595. The second-order valence-electron chi connectivity index (χ2n) is 3.97. The molecule has 3 rings (SSSR count). The number of hydrogen-bond acceptors (Lipinski definition) is 2. The van der Waals surface area contributed by atoms with E-state index in [9.17, 15) is 8.42 Å². The molecular weight excluding hydrogens is 210 g/mol. The molecule has 78 valence electrons. The van der Waals surface area contributed by atoms with Gasteiger partial charge in [-0.15, -0.1) is 0 Å². The van der Waals surface area contributed by atoms with Crippen LogP contribution >= 0.6 is 0 Å². The number of benzene rings is 1. The number of fused-ring (bicyclic) bond motifs is 1. The van der Waals surface area contributed by atoms with Crippen molar-refractivity contribution in [3.63, 3.8) is 0 Å². The second-order valence-corrected chi connectivity index (χ2v) is 6.20. The Hall–Kier alpha value is -1.29. The third kappa shape index (κ3) is 1.36. The maximum Gasteiger partial charge on any atom is 0.181 e. The van der Waals surface area contributed by atoms with Gasteiger partial charge in [0.2, 0.25) is 0 Å². The Morgan fingerprint density at radius 1 is 1.20 bits per heavy atom. The Morgan fingerprint density at radius 3 is 2.73 bits per heavy atom. The molecule has 1 aromatic carbocycles. The molecule has 1 aromatic heterocycles. The zero-order valence-corrected chi connectivity index (χ0v) is 8.92. The zero-order chi connectivity index (χ0) is 10.5. The van der Waals surface area contributed by atoms with E-state index in [4.69, 9.17) is 0 Å². The summed E-state index contributed by atoms with van der Waals surface area (Å²) < 4.78 is 23.9. The highest BCUT2D eigenvalue weighted by Crippen LogP contribution is 2.34. The summed E-state index contributed by atoms with van der Waals surface area (Å²) in [4.78, 5) is 3.50. The summed E-state index contributed by atoms with van der Waals surface area (Å²) in [5, 5.41) is 0.825. The average molecular weight is 221 g/mol. The van der Waals surface area contributed by atoms with Crippen LogP contribution < -0.4 is 0 Å². The van der Waals surface area contributed by atoms with E-state index in [1.807, 2.05) is 18.3 Å². The molecule has 0 atom stereocenters. The Bertz CT molecular complexity index is 608. The summed E-state index contributed by atoms with van der Waals surface area (Å²) in [6.45, 7) is 0. The first-order chi connectivity index (χ1) is 7.18. The van der Waals surface area contributed by atoms with Crippen LogP contribution in [0.15, 0.2) is 35.4 Å². The summed E-state index contributed by atoms with van der Waals surface area (Å²) in [5.41, 5.74) is 0.977. The number of sulfone groups is 1. The van der Waals surface area contributed by atoms with Crippen molar-refractivity contribution < 1.29 is 8.42 Å². The van der Waals surface area contributed by atoms with Crippen LogP contribution in [0.1, 0.15) is 12.8 Å². The van der Waals surface area contributed by atoms with E-state index in [-0.39, 0.29) is 5.25 Å². The largest absolute Gasteiger partial charge is 0.361 e. The van der Waals surface area contributed by atoms with Crippen molar-refractivity contribution in [3.05, 3.63) is 30.5 Å². The van der Waals surface area contributed by atoms with Crippen molar-refractivity contribution in [2.45, 2.75) is 23.0 Å². The highest BCUT2D eigenvalue weighted by atomic mass is 32.2. The molecule has 1 aliphatic carbocycles. The summed E-state index contributed by atoms with van der Waals surface area (Å²) in [5.74, 6) is 0. The minimum absolute atomic E-state index is 0.131. The molecule has 1 aliphatic rings. The molecule has 0 amide bonds. The van der Waals surface area contributed by atoms with Gasteiger partial charge in [-0.25, -0.2) is 8.42 Å². The molecule has 0 aliphatic heterocycles. The van der Waals surface area contributed by atoms with Crippen molar-refractivity contribution in [1.29, 1.82) is 0 Å². The lowest BCUT2D eigenvalue weighted by atomic mass is 10.2. The van der Waals surface area contributed by atoms with Crippen molar-refractivity contribution in [3.8, 4) is 0 Å². The third-order valence-electron chi connectivity index (χ3n) is 2.82. The summed E-state index contributed by atoms with van der Waals surface area (Å²) in [6.07, 6.45) is 3.44. The minimum Gasteiger partial charge on any atom is -0.361 e. The highest BCUT2D eigenvalue weighted by Gasteiger charge is 2.36. The van der Waals surface area contributed by atoms with Crippen LogP contribution in [0.4, 0.5) is 0 Å². The molecule has 1 fully saturated rings. The molecule has 3 nitrogen and oxygen atoms in total. The SMILES string of the molecule is O=S(=O)(c1ccc2[nH]ccc2c1)C1CC1. The fourth-order valence-corrected chi connectivity index (χ4v) is 3.47. The number of H-pyrrole nitrogens is 1. The lowest BCUT2D eigenvalue weighted by Gasteiger charge is -2.02. The molecule has 0 radical (unpaired) electrons. The van der Waals surface area contributed by atoms with E-state index >= 15 is 0 Å².